The van der Waals surface area contributed by atoms with Crippen molar-refractivity contribution in [3.05, 3.63) is 65.7 Å². The summed E-state index contributed by atoms with van der Waals surface area (Å²) in [5, 5.41) is 2.88. The molecule has 4 nitrogen and oxygen atoms in total. The zero-order valence-electron chi connectivity index (χ0n) is 14.8. The van der Waals surface area contributed by atoms with Crippen LogP contribution < -0.4 is 15.8 Å². The van der Waals surface area contributed by atoms with Crippen LogP contribution in [-0.2, 0) is 17.8 Å². The molecule has 0 radical (unpaired) electrons. The van der Waals surface area contributed by atoms with Crippen LogP contribution in [0.1, 0.15) is 25.0 Å². The topological polar surface area (TPSA) is 64.4 Å². The highest BCUT2D eigenvalue weighted by atomic mass is 35.5. The molecule has 0 saturated carbocycles. The van der Waals surface area contributed by atoms with E-state index in [2.05, 4.69) is 5.32 Å². The molecule has 2 aromatic rings. The summed E-state index contributed by atoms with van der Waals surface area (Å²) in [7, 11) is 0. The van der Waals surface area contributed by atoms with Crippen molar-refractivity contribution >= 4 is 18.3 Å². The molecule has 0 aromatic heterocycles. The molecule has 0 bridgehead atoms. The first-order chi connectivity index (χ1) is 11.6. The second-order valence-electron chi connectivity index (χ2n) is 6.23. The first-order valence-corrected chi connectivity index (χ1v) is 8.35. The second kappa shape index (κ2) is 10.7. The number of halogens is 1. The maximum absolute atomic E-state index is 11.8. The fourth-order valence-corrected chi connectivity index (χ4v) is 2.24. The van der Waals surface area contributed by atoms with Gasteiger partial charge in [-0.2, -0.15) is 0 Å². The summed E-state index contributed by atoms with van der Waals surface area (Å²) in [6.07, 6.45) is 0.773. The number of rotatable bonds is 8. The Balaban J connectivity index is 0.00000312. The lowest BCUT2D eigenvalue weighted by molar-refractivity contribution is -0.123. The van der Waals surface area contributed by atoms with Crippen LogP contribution in [0, 0.1) is 5.92 Å². The number of benzene rings is 2. The minimum atomic E-state index is -0.446. The van der Waals surface area contributed by atoms with Gasteiger partial charge in [0, 0.05) is 6.54 Å². The Labute approximate surface area is 156 Å². The predicted molar refractivity (Wildman–Crippen MR) is 104 cm³/mol. The number of nitrogens with one attached hydrogen (secondary N) is 1. The Morgan fingerprint density at radius 2 is 1.68 bits per heavy atom. The molecule has 1 unspecified atom stereocenters. The molecule has 5 heteroatoms. The number of amides is 1. The zero-order chi connectivity index (χ0) is 17.4. The molecule has 0 aliphatic heterocycles. The van der Waals surface area contributed by atoms with Gasteiger partial charge in [-0.15, -0.1) is 12.4 Å². The van der Waals surface area contributed by atoms with Gasteiger partial charge in [0.15, 0.2) is 0 Å². The van der Waals surface area contributed by atoms with Crippen LogP contribution in [-0.4, -0.2) is 18.5 Å². The van der Waals surface area contributed by atoms with Crippen molar-refractivity contribution in [3.8, 4) is 5.75 Å². The van der Waals surface area contributed by atoms with Crippen molar-refractivity contribution in [1.29, 1.82) is 0 Å². The highest BCUT2D eigenvalue weighted by molar-refractivity contribution is 5.85. The number of ether oxygens (including phenoxy) is 1. The van der Waals surface area contributed by atoms with Crippen LogP contribution in [0.2, 0.25) is 0 Å². The van der Waals surface area contributed by atoms with Crippen LogP contribution in [0.3, 0.4) is 0 Å². The summed E-state index contributed by atoms with van der Waals surface area (Å²) in [4.78, 5) is 11.8. The number of nitrogens with two attached hydrogens (primary N) is 1. The second-order valence-corrected chi connectivity index (χ2v) is 6.23. The van der Waals surface area contributed by atoms with E-state index in [0.717, 1.165) is 23.3 Å². The smallest absolute Gasteiger partial charge is 0.237 e. The highest BCUT2D eigenvalue weighted by Gasteiger charge is 2.16. The van der Waals surface area contributed by atoms with Gasteiger partial charge < -0.3 is 15.8 Å². The minimum absolute atomic E-state index is 0. The van der Waals surface area contributed by atoms with Gasteiger partial charge in [0.2, 0.25) is 5.91 Å². The molecule has 0 fully saturated rings. The van der Waals surface area contributed by atoms with E-state index in [0.29, 0.717) is 13.2 Å². The van der Waals surface area contributed by atoms with Gasteiger partial charge >= 0.3 is 0 Å². The Kier molecular flexibility index (Phi) is 9.03. The third kappa shape index (κ3) is 7.16. The van der Waals surface area contributed by atoms with E-state index in [1.165, 1.54) is 0 Å². The van der Waals surface area contributed by atoms with E-state index >= 15 is 0 Å². The summed E-state index contributed by atoms with van der Waals surface area (Å²) in [5.41, 5.74) is 8.11. The maximum atomic E-state index is 11.8. The maximum Gasteiger partial charge on any atom is 0.237 e. The standard InChI is InChI=1S/C20H26N2O2.ClH/c1-15(2)19(21)20(23)22-13-12-16-8-10-18(11-9-16)24-14-17-6-4-3-5-7-17;/h3-11,15,19H,12-14,21H2,1-2H3,(H,22,23);1H. The molecule has 25 heavy (non-hydrogen) atoms. The van der Waals surface area contributed by atoms with Gasteiger partial charge in [0.1, 0.15) is 12.4 Å². The van der Waals surface area contributed by atoms with Crippen LogP contribution >= 0.6 is 12.4 Å². The fraction of sp³-hybridized carbons (Fsp3) is 0.350. The number of carbonyl (C=O) groups excluding carboxylic acids is 1. The van der Waals surface area contributed by atoms with Gasteiger partial charge in [-0.1, -0.05) is 56.3 Å². The Bertz CT molecular complexity index is 630. The van der Waals surface area contributed by atoms with E-state index in [-0.39, 0.29) is 24.2 Å². The van der Waals surface area contributed by atoms with Crippen molar-refractivity contribution in [2.45, 2.75) is 32.9 Å². The number of hydrogen-bond donors (Lipinski definition) is 2. The third-order valence-corrected chi connectivity index (χ3v) is 3.91. The van der Waals surface area contributed by atoms with Crippen molar-refractivity contribution in [2.75, 3.05) is 6.54 Å². The van der Waals surface area contributed by atoms with Gasteiger partial charge in [-0.3, -0.25) is 4.79 Å². The lowest BCUT2D eigenvalue weighted by Gasteiger charge is -2.15. The normalized spacial score (nSPS) is 11.5. The first kappa shape index (κ1) is 21.0. The Morgan fingerprint density at radius 1 is 1.04 bits per heavy atom. The molecule has 136 valence electrons. The van der Waals surface area contributed by atoms with Gasteiger partial charge in [-0.25, -0.2) is 0 Å². The van der Waals surface area contributed by atoms with E-state index in [1.54, 1.807) is 0 Å². The average molecular weight is 363 g/mol. The van der Waals surface area contributed by atoms with Gasteiger partial charge in [0.05, 0.1) is 6.04 Å². The van der Waals surface area contributed by atoms with Crippen molar-refractivity contribution < 1.29 is 9.53 Å². The molecule has 0 heterocycles. The van der Waals surface area contributed by atoms with E-state index < -0.39 is 6.04 Å². The molecule has 2 rings (SSSR count). The number of hydrogen-bond acceptors (Lipinski definition) is 3. The molecular weight excluding hydrogens is 336 g/mol. The van der Waals surface area contributed by atoms with Crippen LogP contribution in [0.15, 0.2) is 54.6 Å². The summed E-state index contributed by atoms with van der Waals surface area (Å²) in [6, 6.07) is 17.6. The quantitative estimate of drug-likeness (QED) is 0.757. The monoisotopic (exact) mass is 362 g/mol. The van der Waals surface area contributed by atoms with E-state index in [4.69, 9.17) is 10.5 Å². The lowest BCUT2D eigenvalue weighted by atomic mass is 10.0. The zero-order valence-corrected chi connectivity index (χ0v) is 15.6. The molecule has 1 amide bonds. The molecule has 3 N–H and O–H groups in total. The molecular formula is C20H27ClN2O2. The largest absolute Gasteiger partial charge is 0.489 e. The van der Waals surface area contributed by atoms with Crippen LogP contribution in [0.5, 0.6) is 5.75 Å². The van der Waals surface area contributed by atoms with Crippen molar-refractivity contribution in [1.82, 2.24) is 5.32 Å². The predicted octanol–water partition coefficient (Wildman–Crippen LogP) is 3.33. The van der Waals surface area contributed by atoms with Crippen molar-refractivity contribution in [2.24, 2.45) is 11.7 Å². The average Bonchev–Trinajstić information content (AvgIpc) is 2.61. The molecule has 0 spiro atoms. The molecule has 0 aliphatic rings. The third-order valence-electron chi connectivity index (χ3n) is 3.91. The summed E-state index contributed by atoms with van der Waals surface area (Å²) < 4.78 is 5.76. The van der Waals surface area contributed by atoms with Crippen LogP contribution in [0.4, 0.5) is 0 Å². The van der Waals surface area contributed by atoms with Gasteiger partial charge in [0.25, 0.3) is 0 Å². The highest BCUT2D eigenvalue weighted by Crippen LogP contribution is 2.14. The van der Waals surface area contributed by atoms with Crippen LogP contribution in [0.25, 0.3) is 0 Å². The Morgan fingerprint density at radius 3 is 2.28 bits per heavy atom. The first-order valence-electron chi connectivity index (χ1n) is 8.35. The van der Waals surface area contributed by atoms with E-state index in [1.807, 2.05) is 68.4 Å². The van der Waals surface area contributed by atoms with Crippen molar-refractivity contribution in [3.63, 3.8) is 0 Å². The Hall–Kier alpha value is -2.04. The number of carbonyl (C=O) groups is 1. The summed E-state index contributed by atoms with van der Waals surface area (Å²) in [5.74, 6) is 0.896. The fourth-order valence-electron chi connectivity index (χ4n) is 2.24. The molecule has 0 aliphatic carbocycles. The van der Waals surface area contributed by atoms with Gasteiger partial charge in [-0.05, 0) is 35.6 Å². The SMILES string of the molecule is CC(C)C(N)C(=O)NCCc1ccc(OCc2ccccc2)cc1.Cl. The molecule has 0 saturated heterocycles. The molecule has 2 aromatic carbocycles. The van der Waals surface area contributed by atoms with E-state index in [9.17, 15) is 4.79 Å². The minimum Gasteiger partial charge on any atom is -0.489 e. The lowest BCUT2D eigenvalue weighted by Crippen LogP contribution is -2.44. The molecule has 1 atom stereocenters. The summed E-state index contributed by atoms with van der Waals surface area (Å²) in [6.45, 7) is 5.03. The summed E-state index contributed by atoms with van der Waals surface area (Å²) >= 11 is 0.